The highest BCUT2D eigenvalue weighted by molar-refractivity contribution is 5.98. The summed E-state index contributed by atoms with van der Waals surface area (Å²) in [7, 11) is 0. The molecule has 0 saturated carbocycles. The number of anilines is 1. The van der Waals surface area contributed by atoms with E-state index in [1.54, 1.807) is 11.9 Å². The number of benzene rings is 2. The summed E-state index contributed by atoms with van der Waals surface area (Å²) in [5.41, 5.74) is 10.6. The maximum absolute atomic E-state index is 6.37. The minimum Gasteiger partial charge on any atom is -0.457 e. The van der Waals surface area contributed by atoms with E-state index >= 15 is 0 Å². The third kappa shape index (κ3) is 4.16. The lowest BCUT2D eigenvalue weighted by Gasteiger charge is -2.35. The number of nitrogens with one attached hydrogen (secondary N) is 1. The van der Waals surface area contributed by atoms with Crippen LogP contribution < -0.4 is 15.8 Å². The van der Waals surface area contributed by atoms with Gasteiger partial charge >= 0.3 is 0 Å². The number of nitrogen functional groups attached to an aromatic ring is 1. The van der Waals surface area contributed by atoms with Crippen LogP contribution in [0.4, 0.5) is 5.82 Å². The number of piperidine rings is 1. The van der Waals surface area contributed by atoms with Crippen molar-refractivity contribution in [1.82, 2.24) is 30.0 Å². The van der Waals surface area contributed by atoms with Gasteiger partial charge in [-0.1, -0.05) is 29.8 Å². The normalized spacial score (nSPS) is 22.3. The van der Waals surface area contributed by atoms with Crippen molar-refractivity contribution < 1.29 is 4.74 Å². The molecule has 2 aliphatic heterocycles. The van der Waals surface area contributed by atoms with Crippen LogP contribution in [-0.2, 0) is 0 Å². The lowest BCUT2D eigenvalue weighted by molar-refractivity contribution is 0.148. The minimum atomic E-state index is 0.290. The van der Waals surface area contributed by atoms with E-state index in [1.807, 2.05) is 54.6 Å². The zero-order valence-electron chi connectivity index (χ0n) is 20.8. The lowest BCUT2D eigenvalue weighted by atomic mass is 10.0. The number of para-hydroxylation sites is 1. The fourth-order valence-corrected chi connectivity index (χ4v) is 6.18. The molecule has 4 heterocycles. The fourth-order valence-electron chi connectivity index (χ4n) is 6.18. The molecule has 0 amide bonds. The van der Waals surface area contributed by atoms with E-state index in [-0.39, 0.29) is 6.04 Å². The largest absolute Gasteiger partial charge is 0.457 e. The van der Waals surface area contributed by atoms with Crippen LogP contribution in [0.3, 0.4) is 0 Å². The summed E-state index contributed by atoms with van der Waals surface area (Å²) in [5, 5.41) is 9.40. The molecule has 3 N–H and O–H groups in total. The Hall–Kier alpha value is -3.75. The average molecular weight is 494 g/mol. The van der Waals surface area contributed by atoms with Gasteiger partial charge in [-0.15, -0.1) is 0 Å². The first-order valence-corrected chi connectivity index (χ1v) is 13.2. The summed E-state index contributed by atoms with van der Waals surface area (Å²) in [6, 6.07) is 18.6. The van der Waals surface area contributed by atoms with Crippen LogP contribution in [0.1, 0.15) is 25.3 Å². The van der Waals surface area contributed by atoms with Gasteiger partial charge in [0.05, 0.1) is 11.4 Å². The molecule has 0 spiro atoms. The fraction of sp³-hybridized carbons (Fsp3) is 0.345. The maximum atomic E-state index is 6.37. The molecule has 0 radical (unpaired) electrons. The molecule has 1 aliphatic carbocycles. The number of nitrogens with two attached hydrogens (primary N) is 1. The number of hydrogen-bond acceptors (Lipinski definition) is 7. The highest BCUT2D eigenvalue weighted by Gasteiger charge is 2.35. The molecule has 2 aromatic heterocycles. The molecule has 1 unspecified atom stereocenters. The Morgan fingerprint density at radius 1 is 0.946 bits per heavy atom. The molecule has 2 aromatic carbocycles. The number of ether oxygens (including phenoxy) is 1. The first-order valence-electron chi connectivity index (χ1n) is 13.2. The third-order valence-corrected chi connectivity index (χ3v) is 8.12. The summed E-state index contributed by atoms with van der Waals surface area (Å²) in [6.45, 7) is 4.35. The number of fused-ring (bicyclic) bond motifs is 2. The van der Waals surface area contributed by atoms with Crippen LogP contribution >= 0.6 is 0 Å². The summed E-state index contributed by atoms with van der Waals surface area (Å²) in [6.07, 6.45) is 7.42. The zero-order valence-corrected chi connectivity index (χ0v) is 20.8. The van der Waals surface area contributed by atoms with Gasteiger partial charge in [0.2, 0.25) is 0 Å². The Balaban J connectivity index is 1.13. The number of likely N-dealkylation sites (tertiary alicyclic amines) is 1. The minimum absolute atomic E-state index is 0.290. The quantitative estimate of drug-likeness (QED) is 0.398. The van der Waals surface area contributed by atoms with Crippen molar-refractivity contribution in [2.24, 2.45) is 5.92 Å². The van der Waals surface area contributed by atoms with Gasteiger partial charge in [0.15, 0.2) is 5.65 Å². The SMILES string of the molecule is Nc1ncnc2c1c(-c1ccc(Oc3ccccc3)cc1)nn2C1CCN(C2C=C3CNC[C@@H]3C2)CC1. The molecule has 8 nitrogen and oxygen atoms in total. The molecule has 3 aliphatic rings. The van der Waals surface area contributed by atoms with Gasteiger partial charge in [-0.05, 0) is 61.6 Å². The standard InChI is InChI=1S/C29H31N7O/c30-28-26-27(19-6-8-25(9-7-19)37-24-4-2-1-3-5-24)34-36(29(26)33-18-32-28)22-10-12-35(13-11-22)23-14-20-16-31-17-21(20)15-23/h1-9,14,18,21-23,31H,10-13,15-17H2,(H2,30,32,33)/t21-,23?/m0/s1. The van der Waals surface area contributed by atoms with Gasteiger partial charge in [-0.2, -0.15) is 5.10 Å². The van der Waals surface area contributed by atoms with Crippen molar-refractivity contribution in [3.63, 3.8) is 0 Å². The third-order valence-electron chi connectivity index (χ3n) is 8.12. The first kappa shape index (κ1) is 22.4. The number of hydrogen-bond donors (Lipinski definition) is 2. The van der Waals surface area contributed by atoms with E-state index in [1.165, 1.54) is 6.42 Å². The first-order chi connectivity index (χ1) is 18.2. The Kier molecular flexibility index (Phi) is 5.63. The monoisotopic (exact) mass is 493 g/mol. The highest BCUT2D eigenvalue weighted by atomic mass is 16.5. The molecule has 4 aromatic rings. The second-order valence-corrected chi connectivity index (χ2v) is 10.3. The maximum Gasteiger partial charge on any atom is 0.164 e. The van der Waals surface area contributed by atoms with E-state index in [9.17, 15) is 0 Å². The average Bonchev–Trinajstić information content (AvgIpc) is 3.65. The van der Waals surface area contributed by atoms with Crippen LogP contribution in [0.15, 0.2) is 72.6 Å². The van der Waals surface area contributed by atoms with Crippen molar-refractivity contribution in [1.29, 1.82) is 0 Å². The molecular weight excluding hydrogens is 462 g/mol. The van der Waals surface area contributed by atoms with Crippen LogP contribution in [0.25, 0.3) is 22.3 Å². The van der Waals surface area contributed by atoms with Crippen LogP contribution in [0, 0.1) is 5.92 Å². The molecular formula is C29H31N7O. The molecule has 188 valence electrons. The van der Waals surface area contributed by atoms with Gasteiger partial charge in [0.1, 0.15) is 29.3 Å². The molecule has 7 rings (SSSR count). The van der Waals surface area contributed by atoms with Gasteiger partial charge < -0.3 is 15.8 Å². The summed E-state index contributed by atoms with van der Waals surface area (Å²) in [4.78, 5) is 11.6. The Morgan fingerprint density at radius 3 is 2.51 bits per heavy atom. The van der Waals surface area contributed by atoms with Gasteiger partial charge in [0, 0.05) is 37.8 Å². The van der Waals surface area contributed by atoms with E-state index in [4.69, 9.17) is 15.6 Å². The number of rotatable bonds is 5. The Morgan fingerprint density at radius 2 is 1.73 bits per heavy atom. The van der Waals surface area contributed by atoms with E-state index in [2.05, 4.69) is 30.9 Å². The van der Waals surface area contributed by atoms with Gasteiger partial charge in [-0.25, -0.2) is 14.6 Å². The summed E-state index contributed by atoms with van der Waals surface area (Å²) >= 11 is 0. The molecule has 2 fully saturated rings. The second-order valence-electron chi connectivity index (χ2n) is 10.3. The van der Waals surface area contributed by atoms with E-state index in [0.717, 1.165) is 78.7 Å². The highest BCUT2D eigenvalue weighted by Crippen LogP contribution is 2.37. The van der Waals surface area contributed by atoms with Crippen molar-refractivity contribution in [2.75, 3.05) is 31.9 Å². The van der Waals surface area contributed by atoms with Crippen molar-refractivity contribution >= 4 is 16.9 Å². The summed E-state index contributed by atoms with van der Waals surface area (Å²) < 4.78 is 8.07. The van der Waals surface area contributed by atoms with Crippen LogP contribution in [0.2, 0.25) is 0 Å². The van der Waals surface area contributed by atoms with Crippen LogP contribution in [0.5, 0.6) is 11.5 Å². The number of nitrogens with zero attached hydrogens (tertiary/aromatic N) is 5. The summed E-state index contributed by atoms with van der Waals surface area (Å²) in [5.74, 6) is 2.79. The molecule has 2 saturated heterocycles. The van der Waals surface area contributed by atoms with Gasteiger partial charge in [-0.3, -0.25) is 4.90 Å². The Bertz CT molecular complexity index is 1440. The second kappa shape index (κ2) is 9.28. The predicted molar refractivity (Wildman–Crippen MR) is 144 cm³/mol. The zero-order chi connectivity index (χ0) is 24.8. The molecule has 8 heteroatoms. The van der Waals surface area contributed by atoms with Crippen molar-refractivity contribution in [3.05, 3.63) is 72.6 Å². The topological polar surface area (TPSA) is 94.1 Å². The van der Waals surface area contributed by atoms with Crippen molar-refractivity contribution in [2.45, 2.75) is 31.3 Å². The van der Waals surface area contributed by atoms with E-state index in [0.29, 0.717) is 11.9 Å². The predicted octanol–water partition coefficient (Wildman–Crippen LogP) is 4.42. The van der Waals surface area contributed by atoms with Crippen molar-refractivity contribution in [3.8, 4) is 22.8 Å². The lowest BCUT2D eigenvalue weighted by Crippen LogP contribution is -2.41. The smallest absolute Gasteiger partial charge is 0.164 e. The number of aromatic nitrogens is 4. The molecule has 0 bridgehead atoms. The van der Waals surface area contributed by atoms with Crippen LogP contribution in [-0.4, -0.2) is 56.9 Å². The molecule has 37 heavy (non-hydrogen) atoms. The molecule has 2 atom stereocenters. The van der Waals surface area contributed by atoms with E-state index < -0.39 is 0 Å². The Labute approximate surface area is 216 Å². The van der Waals surface area contributed by atoms with Gasteiger partial charge in [0.25, 0.3) is 0 Å².